The third-order valence-corrected chi connectivity index (χ3v) is 2.79. The summed E-state index contributed by atoms with van der Waals surface area (Å²) in [4.78, 5) is 24.6. The van der Waals surface area contributed by atoms with E-state index in [1.54, 1.807) is 37.3 Å². The van der Waals surface area contributed by atoms with Crippen LogP contribution in [0.25, 0.3) is 0 Å². The number of aryl methyl sites for hydroxylation is 1. The molecule has 0 unspecified atom stereocenters. The summed E-state index contributed by atoms with van der Waals surface area (Å²) in [6, 6.07) is 10.6. The maximum absolute atomic E-state index is 12.4. The molecule has 0 radical (unpaired) electrons. The van der Waals surface area contributed by atoms with Gasteiger partial charge < -0.3 is 10.0 Å². The minimum Gasteiger partial charge on any atom is -0.481 e. The van der Waals surface area contributed by atoms with Crippen molar-refractivity contribution in [2.45, 2.75) is 13.3 Å². The summed E-state index contributed by atoms with van der Waals surface area (Å²) in [5.41, 5.74) is 1.70. The van der Waals surface area contributed by atoms with Gasteiger partial charge in [-0.3, -0.25) is 14.7 Å². The van der Waals surface area contributed by atoms with Crippen LogP contribution in [-0.4, -0.2) is 33.7 Å². The van der Waals surface area contributed by atoms with Gasteiger partial charge in [0, 0.05) is 17.9 Å². The molecule has 0 bridgehead atoms. The van der Waals surface area contributed by atoms with Gasteiger partial charge >= 0.3 is 5.97 Å². The zero-order valence-corrected chi connectivity index (χ0v) is 11.0. The molecular formula is C14H15N3O3. The second kappa shape index (κ2) is 6.01. The van der Waals surface area contributed by atoms with Gasteiger partial charge in [-0.2, -0.15) is 5.10 Å². The molecule has 0 aliphatic carbocycles. The summed E-state index contributed by atoms with van der Waals surface area (Å²) in [7, 11) is 0. The standard InChI is InChI=1S/C14H15N3O3/c1-10-9-12(16-15-10)14(20)17(8-7-13(18)19)11-5-3-2-4-6-11/h2-6,9H,7-8H2,1H3,(H,15,16)(H,18,19). The van der Waals surface area contributed by atoms with Crippen molar-refractivity contribution < 1.29 is 14.7 Å². The first-order valence-corrected chi connectivity index (χ1v) is 6.18. The maximum atomic E-state index is 12.4. The van der Waals surface area contributed by atoms with Crippen LogP contribution in [0.1, 0.15) is 22.6 Å². The Morgan fingerprint density at radius 3 is 2.55 bits per heavy atom. The first-order chi connectivity index (χ1) is 9.58. The fraction of sp³-hybridized carbons (Fsp3) is 0.214. The third kappa shape index (κ3) is 3.23. The van der Waals surface area contributed by atoms with Crippen molar-refractivity contribution >= 4 is 17.6 Å². The van der Waals surface area contributed by atoms with Crippen LogP contribution in [0.15, 0.2) is 36.4 Å². The molecule has 2 rings (SSSR count). The van der Waals surface area contributed by atoms with Crippen LogP contribution < -0.4 is 4.90 Å². The third-order valence-electron chi connectivity index (χ3n) is 2.79. The second-order valence-corrected chi connectivity index (χ2v) is 4.37. The molecule has 0 fully saturated rings. The van der Waals surface area contributed by atoms with Gasteiger partial charge in [-0.15, -0.1) is 0 Å². The fourth-order valence-corrected chi connectivity index (χ4v) is 1.83. The minimum absolute atomic E-state index is 0.101. The number of aromatic amines is 1. The highest BCUT2D eigenvalue weighted by molar-refractivity contribution is 6.05. The molecule has 0 saturated heterocycles. The fourth-order valence-electron chi connectivity index (χ4n) is 1.83. The number of benzene rings is 1. The van der Waals surface area contributed by atoms with Crippen LogP contribution >= 0.6 is 0 Å². The van der Waals surface area contributed by atoms with Gasteiger partial charge in [-0.1, -0.05) is 18.2 Å². The zero-order valence-electron chi connectivity index (χ0n) is 11.0. The number of amides is 1. The van der Waals surface area contributed by atoms with E-state index in [2.05, 4.69) is 10.2 Å². The Labute approximate surface area is 116 Å². The lowest BCUT2D eigenvalue weighted by molar-refractivity contribution is -0.136. The Morgan fingerprint density at radius 1 is 1.30 bits per heavy atom. The molecule has 1 aromatic carbocycles. The number of carboxylic acids is 1. The maximum Gasteiger partial charge on any atom is 0.305 e. The lowest BCUT2D eigenvalue weighted by atomic mass is 10.2. The number of H-pyrrole nitrogens is 1. The Kier molecular flexibility index (Phi) is 4.14. The molecule has 0 aliphatic heterocycles. The number of rotatable bonds is 5. The van der Waals surface area contributed by atoms with E-state index < -0.39 is 5.97 Å². The van der Waals surface area contributed by atoms with Crippen LogP contribution in [0.3, 0.4) is 0 Å². The van der Waals surface area contributed by atoms with Crippen molar-refractivity contribution in [2.24, 2.45) is 0 Å². The monoisotopic (exact) mass is 273 g/mol. The normalized spacial score (nSPS) is 10.2. The van der Waals surface area contributed by atoms with Crippen molar-refractivity contribution in [1.82, 2.24) is 10.2 Å². The van der Waals surface area contributed by atoms with E-state index in [9.17, 15) is 9.59 Å². The Morgan fingerprint density at radius 2 is 2.00 bits per heavy atom. The lowest BCUT2D eigenvalue weighted by Crippen LogP contribution is -2.33. The van der Waals surface area contributed by atoms with Gasteiger partial charge in [0.1, 0.15) is 0 Å². The smallest absolute Gasteiger partial charge is 0.305 e. The Balaban J connectivity index is 2.26. The molecule has 6 heteroatoms. The van der Waals surface area contributed by atoms with E-state index in [1.165, 1.54) is 4.90 Å². The SMILES string of the molecule is Cc1cc(C(=O)N(CCC(=O)O)c2ccccc2)n[nH]1. The average Bonchev–Trinajstić information content (AvgIpc) is 2.86. The van der Waals surface area contributed by atoms with Crippen LogP contribution in [0.5, 0.6) is 0 Å². The molecule has 20 heavy (non-hydrogen) atoms. The molecular weight excluding hydrogens is 258 g/mol. The molecule has 6 nitrogen and oxygen atoms in total. The number of para-hydroxylation sites is 1. The largest absolute Gasteiger partial charge is 0.481 e. The summed E-state index contributed by atoms with van der Waals surface area (Å²) in [6.07, 6.45) is -0.121. The number of nitrogens with zero attached hydrogens (tertiary/aromatic N) is 2. The van der Waals surface area contributed by atoms with E-state index in [1.807, 2.05) is 6.07 Å². The summed E-state index contributed by atoms with van der Waals surface area (Å²) in [5.74, 6) is -1.27. The summed E-state index contributed by atoms with van der Waals surface area (Å²) >= 11 is 0. The van der Waals surface area contributed by atoms with Crippen LogP contribution in [0, 0.1) is 6.92 Å². The summed E-state index contributed by atoms with van der Waals surface area (Å²) in [6.45, 7) is 1.90. The van der Waals surface area contributed by atoms with E-state index in [0.29, 0.717) is 5.69 Å². The number of anilines is 1. The highest BCUT2D eigenvalue weighted by Crippen LogP contribution is 2.16. The van der Waals surface area contributed by atoms with Crippen LogP contribution in [-0.2, 0) is 4.79 Å². The predicted molar refractivity (Wildman–Crippen MR) is 73.7 cm³/mol. The summed E-state index contributed by atoms with van der Waals surface area (Å²) < 4.78 is 0. The number of carbonyl (C=O) groups excluding carboxylic acids is 1. The van der Waals surface area contributed by atoms with Crippen molar-refractivity contribution in [2.75, 3.05) is 11.4 Å². The number of aliphatic carboxylic acids is 1. The first kappa shape index (κ1) is 13.8. The van der Waals surface area contributed by atoms with Crippen LogP contribution in [0.4, 0.5) is 5.69 Å². The van der Waals surface area contributed by atoms with Crippen molar-refractivity contribution in [3.8, 4) is 0 Å². The molecule has 2 aromatic rings. The highest BCUT2D eigenvalue weighted by Gasteiger charge is 2.20. The number of aromatic nitrogens is 2. The molecule has 2 N–H and O–H groups in total. The average molecular weight is 273 g/mol. The van der Waals surface area contributed by atoms with E-state index in [0.717, 1.165) is 5.69 Å². The van der Waals surface area contributed by atoms with E-state index in [-0.39, 0.29) is 24.6 Å². The number of nitrogens with one attached hydrogen (secondary N) is 1. The summed E-state index contributed by atoms with van der Waals surface area (Å²) in [5, 5.41) is 15.4. The quantitative estimate of drug-likeness (QED) is 0.870. The Hall–Kier alpha value is -2.63. The zero-order chi connectivity index (χ0) is 14.5. The van der Waals surface area contributed by atoms with E-state index >= 15 is 0 Å². The first-order valence-electron chi connectivity index (χ1n) is 6.18. The van der Waals surface area contributed by atoms with Gasteiger partial charge in [0.15, 0.2) is 5.69 Å². The van der Waals surface area contributed by atoms with E-state index in [4.69, 9.17) is 5.11 Å². The molecule has 104 valence electrons. The second-order valence-electron chi connectivity index (χ2n) is 4.37. The highest BCUT2D eigenvalue weighted by atomic mass is 16.4. The molecule has 0 atom stereocenters. The van der Waals surface area contributed by atoms with Gasteiger partial charge in [0.05, 0.1) is 6.42 Å². The van der Waals surface area contributed by atoms with Gasteiger partial charge in [-0.25, -0.2) is 0 Å². The molecule has 0 spiro atoms. The Bertz CT molecular complexity index is 607. The molecule has 1 aromatic heterocycles. The van der Waals surface area contributed by atoms with Gasteiger partial charge in [0.25, 0.3) is 5.91 Å². The molecule has 0 aliphatic rings. The number of hydrogen-bond acceptors (Lipinski definition) is 3. The molecule has 1 amide bonds. The number of hydrogen-bond donors (Lipinski definition) is 2. The number of carbonyl (C=O) groups is 2. The van der Waals surface area contributed by atoms with Gasteiger partial charge in [-0.05, 0) is 25.1 Å². The van der Waals surface area contributed by atoms with Gasteiger partial charge in [0.2, 0.25) is 0 Å². The number of carboxylic acid groups (broad SMARTS) is 1. The van der Waals surface area contributed by atoms with Crippen molar-refractivity contribution in [3.63, 3.8) is 0 Å². The molecule has 0 saturated carbocycles. The predicted octanol–water partition coefficient (Wildman–Crippen LogP) is 1.84. The lowest BCUT2D eigenvalue weighted by Gasteiger charge is -2.21. The van der Waals surface area contributed by atoms with Crippen LogP contribution in [0.2, 0.25) is 0 Å². The topological polar surface area (TPSA) is 86.3 Å². The van der Waals surface area contributed by atoms with Crippen molar-refractivity contribution in [1.29, 1.82) is 0 Å². The molecule has 1 heterocycles. The minimum atomic E-state index is -0.947. The van der Waals surface area contributed by atoms with Crippen molar-refractivity contribution in [3.05, 3.63) is 47.8 Å².